The lowest BCUT2D eigenvalue weighted by Gasteiger charge is -1.93. The van der Waals surface area contributed by atoms with Crippen molar-refractivity contribution in [2.75, 3.05) is 0 Å². The van der Waals surface area contributed by atoms with Crippen LogP contribution in [0.1, 0.15) is 14.5 Å². The van der Waals surface area contributed by atoms with Crippen molar-refractivity contribution in [2.45, 2.75) is 6.42 Å². The van der Waals surface area contributed by atoms with Gasteiger partial charge in [0.2, 0.25) is 0 Å². The summed E-state index contributed by atoms with van der Waals surface area (Å²) in [6.45, 7) is 0. The van der Waals surface area contributed by atoms with Gasteiger partial charge in [-0.15, -0.1) is 34.0 Å². The quantitative estimate of drug-likeness (QED) is 0.639. The van der Waals surface area contributed by atoms with Crippen LogP contribution in [0.3, 0.4) is 0 Å². The molecule has 0 unspecified atom stereocenters. The minimum absolute atomic E-state index is 0.232. The Morgan fingerprint density at radius 3 is 2.81 bits per heavy atom. The maximum atomic E-state index is 12.0. The number of ketones is 1. The van der Waals surface area contributed by atoms with E-state index in [1.54, 1.807) is 34.0 Å². The number of carbonyl (C=O) groups excluding carboxylic acids is 1. The topological polar surface area (TPSA) is 17.1 Å². The van der Waals surface area contributed by atoms with Crippen LogP contribution in [0, 0.1) is 0 Å². The molecule has 1 nitrogen and oxygen atoms in total. The molecule has 0 atom stereocenters. The minimum Gasteiger partial charge on any atom is -0.293 e. The molecule has 4 heteroatoms. The van der Waals surface area contributed by atoms with Crippen molar-refractivity contribution in [2.24, 2.45) is 0 Å². The fraction of sp³-hybridized carbons (Fsp3) is 0.0833. The lowest BCUT2D eigenvalue weighted by atomic mass is 10.2. The summed E-state index contributed by atoms with van der Waals surface area (Å²) in [5.74, 6) is 0.232. The summed E-state index contributed by atoms with van der Waals surface area (Å²) in [5.41, 5.74) is 0. The molecular weight excluding hydrogens is 256 g/mol. The van der Waals surface area contributed by atoms with Crippen LogP contribution < -0.4 is 0 Å². The third-order valence-corrected chi connectivity index (χ3v) is 5.34. The molecule has 0 aliphatic carbocycles. The molecule has 16 heavy (non-hydrogen) atoms. The third kappa shape index (κ3) is 1.84. The summed E-state index contributed by atoms with van der Waals surface area (Å²) in [6, 6.07) is 8.09. The number of carbonyl (C=O) groups is 1. The third-order valence-electron chi connectivity index (χ3n) is 2.33. The fourth-order valence-electron chi connectivity index (χ4n) is 1.56. The number of thiophene rings is 3. The van der Waals surface area contributed by atoms with Crippen LogP contribution in [0.4, 0.5) is 0 Å². The van der Waals surface area contributed by atoms with Crippen LogP contribution in [0.5, 0.6) is 0 Å². The largest absolute Gasteiger partial charge is 0.293 e. The van der Waals surface area contributed by atoms with Gasteiger partial charge in [0, 0.05) is 20.7 Å². The highest BCUT2D eigenvalue weighted by Gasteiger charge is 2.11. The Balaban J connectivity index is 1.87. The monoisotopic (exact) mass is 264 g/mol. The second-order valence-electron chi connectivity index (χ2n) is 3.44. The Morgan fingerprint density at radius 2 is 2.06 bits per heavy atom. The van der Waals surface area contributed by atoms with Crippen molar-refractivity contribution in [1.29, 1.82) is 0 Å². The van der Waals surface area contributed by atoms with E-state index in [0.29, 0.717) is 6.42 Å². The molecule has 0 spiro atoms. The zero-order valence-corrected chi connectivity index (χ0v) is 10.8. The molecular formula is C12H8OS3. The molecule has 0 N–H and O–H groups in total. The van der Waals surface area contributed by atoms with Crippen molar-refractivity contribution < 1.29 is 4.79 Å². The molecule has 80 valence electrons. The van der Waals surface area contributed by atoms with E-state index in [4.69, 9.17) is 0 Å². The first-order valence-corrected chi connectivity index (χ1v) is 7.43. The van der Waals surface area contributed by atoms with Gasteiger partial charge in [-0.05, 0) is 29.0 Å². The molecule has 0 saturated heterocycles. The maximum Gasteiger partial charge on any atom is 0.178 e. The average molecular weight is 264 g/mol. The predicted octanol–water partition coefficient (Wildman–Crippen LogP) is 4.45. The Kier molecular flexibility index (Phi) is 2.63. The van der Waals surface area contributed by atoms with E-state index in [0.717, 1.165) is 9.75 Å². The minimum atomic E-state index is 0.232. The van der Waals surface area contributed by atoms with Gasteiger partial charge in [0.15, 0.2) is 5.78 Å². The number of hydrogen-bond donors (Lipinski definition) is 0. The first-order valence-electron chi connectivity index (χ1n) is 4.85. The highest BCUT2D eigenvalue weighted by atomic mass is 32.1. The van der Waals surface area contributed by atoms with Crippen LogP contribution >= 0.6 is 34.0 Å². The van der Waals surface area contributed by atoms with Gasteiger partial charge in [-0.2, -0.15) is 0 Å². The smallest absolute Gasteiger partial charge is 0.178 e. The lowest BCUT2D eigenvalue weighted by Crippen LogP contribution is -1.98. The number of hydrogen-bond acceptors (Lipinski definition) is 4. The van der Waals surface area contributed by atoms with Gasteiger partial charge in [-0.25, -0.2) is 0 Å². The maximum absolute atomic E-state index is 12.0. The van der Waals surface area contributed by atoms with Gasteiger partial charge in [0.05, 0.1) is 4.88 Å². The fourth-order valence-corrected chi connectivity index (χ4v) is 4.31. The van der Waals surface area contributed by atoms with Gasteiger partial charge >= 0.3 is 0 Å². The number of rotatable bonds is 3. The number of Topliss-reactive ketones (excluding diaryl/α,β-unsaturated/α-hetero) is 1. The molecule has 0 aliphatic rings. The molecule has 0 saturated carbocycles. The van der Waals surface area contributed by atoms with Crippen molar-refractivity contribution in [3.8, 4) is 0 Å². The summed E-state index contributed by atoms with van der Waals surface area (Å²) < 4.78 is 2.44. The van der Waals surface area contributed by atoms with Crippen LogP contribution in [-0.4, -0.2) is 5.78 Å². The lowest BCUT2D eigenvalue weighted by molar-refractivity contribution is 0.0998. The zero-order chi connectivity index (χ0) is 11.0. The van der Waals surface area contributed by atoms with Crippen molar-refractivity contribution >= 4 is 49.2 Å². The van der Waals surface area contributed by atoms with E-state index in [1.165, 1.54) is 9.40 Å². The first-order chi connectivity index (χ1) is 7.83. The molecule has 0 fully saturated rings. The standard InChI is InChI=1S/C12H8OS3/c13-9(6-8-2-1-4-14-8)11-7-12-10(16-11)3-5-15-12/h1-5,7H,6H2. The first kappa shape index (κ1) is 10.2. The predicted molar refractivity (Wildman–Crippen MR) is 72.1 cm³/mol. The second kappa shape index (κ2) is 4.13. The summed E-state index contributed by atoms with van der Waals surface area (Å²) in [6.07, 6.45) is 0.533. The molecule has 0 aromatic carbocycles. The highest BCUT2D eigenvalue weighted by molar-refractivity contribution is 7.27. The Morgan fingerprint density at radius 1 is 1.12 bits per heavy atom. The zero-order valence-electron chi connectivity index (χ0n) is 8.30. The highest BCUT2D eigenvalue weighted by Crippen LogP contribution is 2.30. The molecule has 0 radical (unpaired) electrons. The van der Waals surface area contributed by atoms with Gasteiger partial charge in [0.1, 0.15) is 0 Å². The second-order valence-corrected chi connectivity index (χ2v) is 6.50. The Bertz CT molecular complexity index is 587. The molecule has 3 rings (SSSR count). The van der Waals surface area contributed by atoms with Gasteiger partial charge in [0.25, 0.3) is 0 Å². The molecule has 0 bridgehead atoms. The summed E-state index contributed by atoms with van der Waals surface area (Å²) in [7, 11) is 0. The van der Waals surface area contributed by atoms with Gasteiger partial charge < -0.3 is 0 Å². The van der Waals surface area contributed by atoms with Crippen LogP contribution in [-0.2, 0) is 6.42 Å². The van der Waals surface area contributed by atoms with E-state index < -0.39 is 0 Å². The molecule has 3 heterocycles. The van der Waals surface area contributed by atoms with E-state index in [9.17, 15) is 4.79 Å². The van der Waals surface area contributed by atoms with Gasteiger partial charge in [-0.3, -0.25) is 4.79 Å². The summed E-state index contributed by atoms with van der Waals surface area (Å²) in [4.78, 5) is 14.0. The average Bonchev–Trinajstić information content (AvgIpc) is 2.91. The SMILES string of the molecule is O=C(Cc1cccs1)c1cc2sccc2s1. The van der Waals surface area contributed by atoms with E-state index in [-0.39, 0.29) is 5.78 Å². The number of fused-ring (bicyclic) bond motifs is 1. The van der Waals surface area contributed by atoms with Crippen molar-refractivity contribution in [3.05, 3.63) is 44.8 Å². The van der Waals surface area contributed by atoms with Crippen LogP contribution in [0.15, 0.2) is 35.0 Å². The van der Waals surface area contributed by atoms with Crippen LogP contribution in [0.2, 0.25) is 0 Å². The summed E-state index contributed by atoms with van der Waals surface area (Å²) in [5, 5.41) is 4.07. The Labute approximate surface area is 105 Å². The normalized spacial score (nSPS) is 11.0. The molecule has 3 aromatic heterocycles. The van der Waals surface area contributed by atoms with Crippen molar-refractivity contribution in [3.63, 3.8) is 0 Å². The summed E-state index contributed by atoms with van der Waals surface area (Å²) >= 11 is 4.93. The van der Waals surface area contributed by atoms with Gasteiger partial charge in [-0.1, -0.05) is 6.07 Å². The van der Waals surface area contributed by atoms with E-state index in [2.05, 4.69) is 11.4 Å². The van der Waals surface area contributed by atoms with E-state index >= 15 is 0 Å². The molecule has 0 aliphatic heterocycles. The van der Waals surface area contributed by atoms with Crippen molar-refractivity contribution in [1.82, 2.24) is 0 Å². The van der Waals surface area contributed by atoms with E-state index in [1.807, 2.05) is 23.6 Å². The molecule has 0 amide bonds. The molecule has 3 aromatic rings. The van der Waals surface area contributed by atoms with Crippen LogP contribution in [0.25, 0.3) is 9.40 Å². The Hall–Kier alpha value is -0.970.